The fourth-order valence-electron chi connectivity index (χ4n) is 2.11. The van der Waals surface area contributed by atoms with E-state index in [0.29, 0.717) is 0 Å². The third kappa shape index (κ3) is 2.63. The number of nitrogens with two attached hydrogens (primary N) is 1. The molecule has 1 fully saturated rings. The van der Waals surface area contributed by atoms with E-state index in [1.54, 1.807) is 6.92 Å². The maximum absolute atomic E-state index is 12.7. The highest BCUT2D eigenvalue weighted by molar-refractivity contribution is 7.93. The highest BCUT2D eigenvalue weighted by atomic mass is 32.2. The van der Waals surface area contributed by atoms with Crippen molar-refractivity contribution < 1.29 is 21.6 Å². The van der Waals surface area contributed by atoms with Gasteiger partial charge in [-0.25, -0.2) is 8.42 Å². The van der Waals surface area contributed by atoms with Crippen LogP contribution >= 0.6 is 0 Å². The van der Waals surface area contributed by atoms with E-state index < -0.39 is 27.5 Å². The van der Waals surface area contributed by atoms with E-state index in [1.165, 1.54) is 6.07 Å². The number of halogens is 3. The fourth-order valence-corrected chi connectivity index (χ4v) is 4.03. The number of anilines is 2. The molecule has 1 heterocycles. The molecular weight excluding hydrogens is 281 g/mol. The second-order valence-electron chi connectivity index (χ2n) is 4.68. The SMILES string of the molecule is CC1CN(c2ccc(N)c(C(F)(F)F)c2)S(=O)(=O)C1. The number of alkyl halides is 3. The Morgan fingerprint density at radius 2 is 2.00 bits per heavy atom. The Balaban J connectivity index is 2.48. The number of hydrogen-bond donors (Lipinski definition) is 1. The van der Waals surface area contributed by atoms with Crippen LogP contribution in [0.1, 0.15) is 12.5 Å². The molecule has 1 aliphatic rings. The summed E-state index contributed by atoms with van der Waals surface area (Å²) in [5, 5.41) is 0. The van der Waals surface area contributed by atoms with E-state index in [9.17, 15) is 21.6 Å². The molecule has 19 heavy (non-hydrogen) atoms. The molecule has 2 N–H and O–H groups in total. The van der Waals surface area contributed by atoms with Gasteiger partial charge in [0, 0.05) is 12.2 Å². The first-order valence-electron chi connectivity index (χ1n) is 5.58. The minimum absolute atomic E-state index is 0.00544. The van der Waals surface area contributed by atoms with Gasteiger partial charge < -0.3 is 5.73 Å². The van der Waals surface area contributed by atoms with Crippen LogP contribution in [0.4, 0.5) is 24.5 Å². The molecule has 0 saturated carbocycles. The first kappa shape index (κ1) is 14.0. The Kier molecular flexibility index (Phi) is 3.16. The van der Waals surface area contributed by atoms with Gasteiger partial charge in [0.15, 0.2) is 0 Å². The molecule has 1 aliphatic heterocycles. The highest BCUT2D eigenvalue weighted by Gasteiger charge is 2.37. The second kappa shape index (κ2) is 4.29. The van der Waals surface area contributed by atoms with Crippen LogP contribution in [-0.2, 0) is 16.2 Å². The molecule has 8 heteroatoms. The van der Waals surface area contributed by atoms with Crippen molar-refractivity contribution in [3.05, 3.63) is 23.8 Å². The second-order valence-corrected chi connectivity index (χ2v) is 6.62. The molecule has 1 unspecified atom stereocenters. The number of rotatable bonds is 1. The first-order chi connectivity index (χ1) is 8.61. The Morgan fingerprint density at radius 1 is 1.37 bits per heavy atom. The fraction of sp³-hybridized carbons (Fsp3) is 0.455. The van der Waals surface area contributed by atoms with Gasteiger partial charge in [0.1, 0.15) is 0 Å². The van der Waals surface area contributed by atoms with Gasteiger partial charge in [-0.05, 0) is 24.1 Å². The number of hydrogen-bond acceptors (Lipinski definition) is 3. The van der Waals surface area contributed by atoms with Crippen LogP contribution in [0.15, 0.2) is 18.2 Å². The molecule has 0 aliphatic carbocycles. The molecule has 1 aromatic carbocycles. The predicted octanol–water partition coefficient (Wildman–Crippen LogP) is 2.07. The Labute approximate surface area is 109 Å². The lowest BCUT2D eigenvalue weighted by Gasteiger charge is -2.19. The molecule has 2 rings (SSSR count). The van der Waals surface area contributed by atoms with Crippen molar-refractivity contribution in [3.63, 3.8) is 0 Å². The number of nitrogens with zero attached hydrogens (tertiary/aromatic N) is 1. The average molecular weight is 294 g/mol. The van der Waals surface area contributed by atoms with Crippen LogP contribution in [0.2, 0.25) is 0 Å². The van der Waals surface area contributed by atoms with Gasteiger partial charge in [-0.1, -0.05) is 6.92 Å². The lowest BCUT2D eigenvalue weighted by atomic mass is 10.1. The number of sulfonamides is 1. The molecule has 1 aromatic rings. The summed E-state index contributed by atoms with van der Waals surface area (Å²) in [5.41, 5.74) is 3.86. The maximum Gasteiger partial charge on any atom is 0.418 e. The molecule has 0 amide bonds. The predicted molar refractivity (Wildman–Crippen MR) is 66.2 cm³/mol. The summed E-state index contributed by atoms with van der Waals surface area (Å²) >= 11 is 0. The van der Waals surface area contributed by atoms with Gasteiger partial charge >= 0.3 is 6.18 Å². The first-order valence-corrected chi connectivity index (χ1v) is 7.19. The molecule has 106 valence electrons. The summed E-state index contributed by atoms with van der Waals surface area (Å²) in [5.74, 6) is -0.171. The average Bonchev–Trinajstić information content (AvgIpc) is 2.51. The standard InChI is InChI=1S/C11H13F3N2O2S/c1-7-5-16(19(17,18)6-7)8-2-3-10(15)9(4-8)11(12,13)14/h2-4,7H,5-6,15H2,1H3. The van der Waals surface area contributed by atoms with Gasteiger partial charge in [0.05, 0.1) is 17.0 Å². The molecule has 0 spiro atoms. The van der Waals surface area contributed by atoms with E-state index in [0.717, 1.165) is 16.4 Å². The number of nitrogen functional groups attached to an aromatic ring is 1. The van der Waals surface area contributed by atoms with Gasteiger partial charge in [0.2, 0.25) is 10.0 Å². The summed E-state index contributed by atoms with van der Waals surface area (Å²) in [4.78, 5) is 0. The molecule has 0 bridgehead atoms. The third-order valence-electron chi connectivity index (χ3n) is 2.94. The quantitative estimate of drug-likeness (QED) is 0.807. The Bertz CT molecular complexity index is 598. The maximum atomic E-state index is 12.7. The van der Waals surface area contributed by atoms with Gasteiger partial charge in [-0.2, -0.15) is 13.2 Å². The van der Waals surface area contributed by atoms with E-state index in [4.69, 9.17) is 5.73 Å². The zero-order valence-corrected chi connectivity index (χ0v) is 10.9. The van der Waals surface area contributed by atoms with Crippen LogP contribution in [0, 0.1) is 5.92 Å². The van der Waals surface area contributed by atoms with Crippen molar-refractivity contribution in [2.75, 3.05) is 22.3 Å². The monoisotopic (exact) mass is 294 g/mol. The van der Waals surface area contributed by atoms with E-state index in [-0.39, 0.29) is 23.9 Å². The summed E-state index contributed by atoms with van der Waals surface area (Å²) in [7, 11) is -3.54. The molecule has 4 nitrogen and oxygen atoms in total. The van der Waals surface area contributed by atoms with Crippen LogP contribution in [-0.4, -0.2) is 20.7 Å². The molecule has 1 saturated heterocycles. The van der Waals surface area contributed by atoms with Crippen molar-refractivity contribution in [1.82, 2.24) is 0 Å². The van der Waals surface area contributed by atoms with Crippen molar-refractivity contribution >= 4 is 21.4 Å². The Hall–Kier alpha value is -1.44. The molecule has 0 aromatic heterocycles. The summed E-state index contributed by atoms with van der Waals surface area (Å²) in [6.45, 7) is 1.92. The van der Waals surface area contributed by atoms with Gasteiger partial charge in [-0.15, -0.1) is 0 Å². The van der Waals surface area contributed by atoms with Gasteiger partial charge in [0.25, 0.3) is 0 Å². The zero-order valence-electron chi connectivity index (χ0n) is 10.1. The largest absolute Gasteiger partial charge is 0.418 e. The third-order valence-corrected chi connectivity index (χ3v) is 4.96. The Morgan fingerprint density at radius 3 is 2.47 bits per heavy atom. The van der Waals surface area contributed by atoms with Crippen molar-refractivity contribution in [2.45, 2.75) is 13.1 Å². The van der Waals surface area contributed by atoms with Crippen molar-refractivity contribution in [1.29, 1.82) is 0 Å². The van der Waals surface area contributed by atoms with Crippen molar-refractivity contribution in [3.8, 4) is 0 Å². The van der Waals surface area contributed by atoms with E-state index in [2.05, 4.69) is 0 Å². The minimum Gasteiger partial charge on any atom is -0.398 e. The lowest BCUT2D eigenvalue weighted by Crippen LogP contribution is -2.25. The smallest absolute Gasteiger partial charge is 0.398 e. The van der Waals surface area contributed by atoms with Crippen molar-refractivity contribution in [2.24, 2.45) is 5.92 Å². The summed E-state index contributed by atoms with van der Waals surface area (Å²) in [6.07, 6.45) is -4.60. The zero-order chi connectivity index (χ0) is 14.4. The van der Waals surface area contributed by atoms with E-state index in [1.807, 2.05) is 0 Å². The molecule has 0 radical (unpaired) electrons. The van der Waals surface area contributed by atoms with Crippen LogP contribution in [0.3, 0.4) is 0 Å². The van der Waals surface area contributed by atoms with Gasteiger partial charge in [-0.3, -0.25) is 4.31 Å². The minimum atomic E-state index is -4.60. The molecule has 1 atom stereocenters. The van der Waals surface area contributed by atoms with Crippen LogP contribution in [0.25, 0.3) is 0 Å². The summed E-state index contributed by atoms with van der Waals surface area (Å²) in [6, 6.07) is 3.15. The topological polar surface area (TPSA) is 63.4 Å². The van der Waals surface area contributed by atoms with Crippen LogP contribution in [0.5, 0.6) is 0 Å². The normalized spacial score (nSPS) is 22.7. The van der Waals surface area contributed by atoms with E-state index >= 15 is 0 Å². The summed E-state index contributed by atoms with van der Waals surface area (Å²) < 4.78 is 62.9. The molecular formula is C11H13F3N2O2S. The lowest BCUT2D eigenvalue weighted by molar-refractivity contribution is -0.136. The van der Waals surface area contributed by atoms with Crippen LogP contribution < -0.4 is 10.0 Å². The highest BCUT2D eigenvalue weighted by Crippen LogP contribution is 2.37. The number of benzene rings is 1.